The zero-order chi connectivity index (χ0) is 22.0. The Balaban J connectivity index is 1.65. The molecule has 4 N–H and O–H groups in total. The van der Waals surface area contributed by atoms with Crippen LogP contribution in [0.4, 0.5) is 23.3 Å². The smallest absolute Gasteiger partial charge is 0.232 e. The van der Waals surface area contributed by atoms with Crippen LogP contribution in [0.5, 0.6) is 11.5 Å². The van der Waals surface area contributed by atoms with Gasteiger partial charge in [0.15, 0.2) is 0 Å². The molecule has 3 heterocycles. The van der Waals surface area contributed by atoms with E-state index in [1.807, 2.05) is 0 Å². The standard InChI is InChI=1S/C21H26N6O4/c1-30-12-6-7-15(31-2)14(10-12)23-20(29)13-11-16(28)24-19-17(13)18(22)25-21(26-19)27-8-4-3-5-9-27/h6-7,10,13H,3-5,8-9,11H2,1-2H3,(H,23,29)(H3,22,24,25,26,28). The average molecular weight is 426 g/mol. The molecule has 10 nitrogen and oxygen atoms in total. The first-order valence-corrected chi connectivity index (χ1v) is 10.2. The number of carbonyl (C=O) groups is 2. The molecular weight excluding hydrogens is 400 g/mol. The van der Waals surface area contributed by atoms with Gasteiger partial charge in [-0.1, -0.05) is 0 Å². The summed E-state index contributed by atoms with van der Waals surface area (Å²) in [6.45, 7) is 1.68. The van der Waals surface area contributed by atoms with Crippen molar-refractivity contribution in [1.82, 2.24) is 9.97 Å². The molecule has 4 rings (SSSR count). The van der Waals surface area contributed by atoms with Crippen molar-refractivity contribution in [2.75, 3.05) is 48.6 Å². The Morgan fingerprint density at radius 1 is 1.19 bits per heavy atom. The number of nitrogens with two attached hydrogens (primary N) is 1. The molecule has 2 aliphatic heterocycles. The van der Waals surface area contributed by atoms with E-state index in [0.29, 0.717) is 34.5 Å². The van der Waals surface area contributed by atoms with Crippen LogP contribution >= 0.6 is 0 Å². The molecule has 0 aliphatic carbocycles. The van der Waals surface area contributed by atoms with E-state index in [1.165, 1.54) is 20.6 Å². The first-order valence-electron chi connectivity index (χ1n) is 10.2. The monoisotopic (exact) mass is 426 g/mol. The number of anilines is 4. The number of nitrogens with zero attached hydrogens (tertiary/aromatic N) is 3. The van der Waals surface area contributed by atoms with Crippen molar-refractivity contribution < 1.29 is 19.1 Å². The van der Waals surface area contributed by atoms with Gasteiger partial charge in [0.1, 0.15) is 23.1 Å². The van der Waals surface area contributed by atoms with Crippen molar-refractivity contribution in [2.24, 2.45) is 0 Å². The van der Waals surface area contributed by atoms with E-state index in [1.54, 1.807) is 18.2 Å². The molecule has 1 unspecified atom stereocenters. The summed E-state index contributed by atoms with van der Waals surface area (Å²) in [4.78, 5) is 36.6. The molecule has 1 aromatic heterocycles. The van der Waals surface area contributed by atoms with Gasteiger partial charge in [-0.2, -0.15) is 9.97 Å². The van der Waals surface area contributed by atoms with Gasteiger partial charge in [-0.15, -0.1) is 0 Å². The number of benzene rings is 1. The Bertz CT molecular complexity index is 1010. The molecule has 0 saturated carbocycles. The SMILES string of the molecule is COc1ccc(OC)c(NC(=O)C2CC(=O)Nc3nc(N4CCCCC4)nc(N)c32)c1. The van der Waals surface area contributed by atoms with Gasteiger partial charge < -0.3 is 30.7 Å². The van der Waals surface area contributed by atoms with Crippen LogP contribution in [0, 0.1) is 0 Å². The van der Waals surface area contributed by atoms with E-state index < -0.39 is 11.8 Å². The summed E-state index contributed by atoms with van der Waals surface area (Å²) in [6, 6.07) is 5.07. The summed E-state index contributed by atoms with van der Waals surface area (Å²) < 4.78 is 10.6. The Morgan fingerprint density at radius 2 is 1.97 bits per heavy atom. The number of hydrogen-bond acceptors (Lipinski definition) is 8. The molecule has 2 aliphatic rings. The fourth-order valence-corrected chi connectivity index (χ4v) is 3.97. The second-order valence-electron chi connectivity index (χ2n) is 7.58. The highest BCUT2D eigenvalue weighted by molar-refractivity contribution is 6.06. The highest BCUT2D eigenvalue weighted by Gasteiger charge is 2.35. The lowest BCUT2D eigenvalue weighted by molar-refractivity contribution is -0.123. The molecule has 2 amide bonds. The van der Waals surface area contributed by atoms with Crippen LogP contribution < -0.4 is 30.7 Å². The Morgan fingerprint density at radius 3 is 2.68 bits per heavy atom. The van der Waals surface area contributed by atoms with Gasteiger partial charge in [-0.05, 0) is 31.4 Å². The van der Waals surface area contributed by atoms with E-state index in [-0.39, 0.29) is 18.1 Å². The lowest BCUT2D eigenvalue weighted by Crippen LogP contribution is -2.35. The van der Waals surface area contributed by atoms with E-state index in [9.17, 15) is 9.59 Å². The van der Waals surface area contributed by atoms with Crippen LogP contribution in [0.25, 0.3) is 0 Å². The molecule has 1 aromatic carbocycles. The van der Waals surface area contributed by atoms with Gasteiger partial charge in [-0.3, -0.25) is 9.59 Å². The number of ether oxygens (including phenoxy) is 2. The third-order valence-corrected chi connectivity index (χ3v) is 5.58. The Kier molecular flexibility index (Phi) is 5.79. The third-order valence-electron chi connectivity index (χ3n) is 5.58. The van der Waals surface area contributed by atoms with Crippen LogP contribution in [0.1, 0.15) is 37.2 Å². The second kappa shape index (κ2) is 8.66. The fourth-order valence-electron chi connectivity index (χ4n) is 3.97. The molecule has 1 saturated heterocycles. The summed E-state index contributed by atoms with van der Waals surface area (Å²) >= 11 is 0. The van der Waals surface area contributed by atoms with Crippen molar-refractivity contribution in [2.45, 2.75) is 31.6 Å². The summed E-state index contributed by atoms with van der Waals surface area (Å²) in [7, 11) is 3.04. The highest BCUT2D eigenvalue weighted by Crippen LogP contribution is 2.38. The molecule has 2 aromatic rings. The van der Waals surface area contributed by atoms with Crippen LogP contribution in [-0.4, -0.2) is 49.1 Å². The largest absolute Gasteiger partial charge is 0.497 e. The van der Waals surface area contributed by atoms with Gasteiger partial charge in [0.25, 0.3) is 0 Å². The molecule has 1 fully saturated rings. The molecule has 0 bridgehead atoms. The van der Waals surface area contributed by atoms with E-state index in [4.69, 9.17) is 15.2 Å². The van der Waals surface area contributed by atoms with E-state index >= 15 is 0 Å². The predicted octanol–water partition coefficient (Wildman–Crippen LogP) is 2.13. The molecule has 164 valence electrons. The van der Waals surface area contributed by atoms with Crippen molar-refractivity contribution in [3.8, 4) is 11.5 Å². The van der Waals surface area contributed by atoms with Crippen molar-refractivity contribution in [1.29, 1.82) is 0 Å². The maximum Gasteiger partial charge on any atom is 0.232 e. The lowest BCUT2D eigenvalue weighted by Gasteiger charge is -2.30. The zero-order valence-electron chi connectivity index (χ0n) is 17.6. The lowest BCUT2D eigenvalue weighted by atomic mass is 9.91. The molecule has 31 heavy (non-hydrogen) atoms. The third kappa shape index (κ3) is 4.18. The van der Waals surface area contributed by atoms with Gasteiger partial charge in [0.05, 0.1) is 31.4 Å². The van der Waals surface area contributed by atoms with Crippen LogP contribution in [0.15, 0.2) is 18.2 Å². The number of aromatic nitrogens is 2. The van der Waals surface area contributed by atoms with Crippen molar-refractivity contribution in [3.05, 3.63) is 23.8 Å². The number of rotatable bonds is 5. The van der Waals surface area contributed by atoms with Crippen LogP contribution in [0.3, 0.4) is 0 Å². The fraction of sp³-hybridized carbons (Fsp3) is 0.429. The number of nitrogens with one attached hydrogen (secondary N) is 2. The molecule has 1 atom stereocenters. The highest BCUT2D eigenvalue weighted by atomic mass is 16.5. The number of piperidine rings is 1. The number of amides is 2. The molecular formula is C21H26N6O4. The quantitative estimate of drug-likeness (QED) is 0.663. The van der Waals surface area contributed by atoms with E-state index in [2.05, 4.69) is 25.5 Å². The van der Waals surface area contributed by atoms with E-state index in [0.717, 1.165) is 25.9 Å². The van der Waals surface area contributed by atoms with Crippen molar-refractivity contribution >= 4 is 35.1 Å². The number of hydrogen-bond donors (Lipinski definition) is 3. The predicted molar refractivity (Wildman–Crippen MR) is 117 cm³/mol. The topological polar surface area (TPSA) is 132 Å². The number of methoxy groups -OCH3 is 2. The summed E-state index contributed by atoms with van der Waals surface area (Å²) in [5.74, 6) is 0.482. The van der Waals surface area contributed by atoms with Crippen molar-refractivity contribution in [3.63, 3.8) is 0 Å². The van der Waals surface area contributed by atoms with Crippen LogP contribution in [-0.2, 0) is 9.59 Å². The number of carbonyl (C=O) groups excluding carboxylic acids is 2. The maximum absolute atomic E-state index is 13.2. The average Bonchev–Trinajstić information content (AvgIpc) is 2.78. The minimum absolute atomic E-state index is 0.0538. The van der Waals surface area contributed by atoms with Gasteiger partial charge in [0.2, 0.25) is 17.8 Å². The summed E-state index contributed by atoms with van der Waals surface area (Å²) in [5, 5.41) is 5.58. The first kappa shape index (κ1) is 20.7. The second-order valence-corrected chi connectivity index (χ2v) is 7.58. The summed E-state index contributed by atoms with van der Waals surface area (Å²) in [5.41, 5.74) is 7.13. The summed E-state index contributed by atoms with van der Waals surface area (Å²) in [6.07, 6.45) is 3.23. The van der Waals surface area contributed by atoms with Gasteiger partial charge in [-0.25, -0.2) is 0 Å². The molecule has 10 heteroatoms. The number of fused-ring (bicyclic) bond motifs is 1. The Labute approximate surface area is 180 Å². The minimum Gasteiger partial charge on any atom is -0.497 e. The zero-order valence-corrected chi connectivity index (χ0v) is 17.6. The maximum atomic E-state index is 13.2. The first-order chi connectivity index (χ1) is 15.0. The number of nitrogen functional groups attached to an aromatic ring is 1. The van der Waals surface area contributed by atoms with Gasteiger partial charge in [0, 0.05) is 25.6 Å². The minimum atomic E-state index is -0.824. The molecule has 0 radical (unpaired) electrons. The van der Waals surface area contributed by atoms with Crippen LogP contribution in [0.2, 0.25) is 0 Å². The van der Waals surface area contributed by atoms with Gasteiger partial charge >= 0.3 is 0 Å². The Hall–Kier alpha value is -3.56. The normalized spacial score (nSPS) is 18.1. The molecule has 0 spiro atoms.